The highest BCUT2D eigenvalue weighted by atomic mass is 35.5. The van der Waals surface area contributed by atoms with Crippen molar-refractivity contribution in [2.45, 2.75) is 20.5 Å². The maximum Gasteiger partial charge on any atom is 0.335 e. The highest BCUT2D eigenvalue weighted by Gasteiger charge is 2.10. The third-order valence-electron chi connectivity index (χ3n) is 3.10. The first-order valence-corrected chi connectivity index (χ1v) is 6.67. The molecule has 0 amide bonds. The average molecular weight is 309 g/mol. The molecule has 0 spiro atoms. The highest BCUT2D eigenvalue weighted by molar-refractivity contribution is 6.32. The molecule has 0 aliphatic heterocycles. The molecule has 0 fully saturated rings. The van der Waals surface area contributed by atoms with E-state index >= 15 is 0 Å². The second-order valence-corrected chi connectivity index (χ2v) is 5.15. The maximum absolute atomic E-state index is 13.7. The zero-order chi connectivity index (χ0) is 15.6. The number of carboxylic acid groups (broad SMARTS) is 1. The van der Waals surface area contributed by atoms with Gasteiger partial charge in [-0.05, 0) is 55.3 Å². The minimum atomic E-state index is -1.10. The Kier molecular flexibility index (Phi) is 4.48. The molecule has 5 heteroatoms. The van der Waals surface area contributed by atoms with E-state index in [0.717, 1.165) is 17.2 Å². The molecule has 0 heterocycles. The van der Waals surface area contributed by atoms with Gasteiger partial charge in [-0.15, -0.1) is 0 Å². The molecule has 0 saturated heterocycles. The smallest absolute Gasteiger partial charge is 0.335 e. The van der Waals surface area contributed by atoms with Crippen molar-refractivity contribution in [2.75, 3.05) is 0 Å². The van der Waals surface area contributed by atoms with E-state index in [1.807, 2.05) is 13.8 Å². The van der Waals surface area contributed by atoms with E-state index < -0.39 is 11.8 Å². The largest absolute Gasteiger partial charge is 0.489 e. The minimum absolute atomic E-state index is 0.0264. The fourth-order valence-electron chi connectivity index (χ4n) is 1.97. The number of aromatic carboxylic acids is 1. The Balaban J connectivity index is 2.20. The fraction of sp³-hybridized carbons (Fsp3) is 0.188. The third kappa shape index (κ3) is 3.52. The van der Waals surface area contributed by atoms with Crippen LogP contribution in [0.25, 0.3) is 0 Å². The lowest BCUT2D eigenvalue weighted by Crippen LogP contribution is -2.03. The van der Waals surface area contributed by atoms with Crippen LogP contribution in [0.3, 0.4) is 0 Å². The van der Waals surface area contributed by atoms with Crippen LogP contribution in [0.4, 0.5) is 4.39 Å². The van der Waals surface area contributed by atoms with Crippen LogP contribution in [0, 0.1) is 19.7 Å². The average Bonchev–Trinajstić information content (AvgIpc) is 2.43. The monoisotopic (exact) mass is 308 g/mol. The first-order valence-electron chi connectivity index (χ1n) is 6.29. The lowest BCUT2D eigenvalue weighted by atomic mass is 10.1. The van der Waals surface area contributed by atoms with E-state index in [9.17, 15) is 9.18 Å². The van der Waals surface area contributed by atoms with Crippen molar-refractivity contribution >= 4 is 17.6 Å². The van der Waals surface area contributed by atoms with Crippen molar-refractivity contribution in [3.05, 3.63) is 63.4 Å². The van der Waals surface area contributed by atoms with Crippen LogP contribution < -0.4 is 4.74 Å². The summed E-state index contributed by atoms with van der Waals surface area (Å²) in [5.74, 6) is -1.04. The molecular formula is C16H14ClFO3. The standard InChI is InChI=1S/C16H14ClFO3/c1-9-5-13(6-10(2)15(9)17)21-8-12-7-11(16(19)20)3-4-14(12)18/h3-7H,8H2,1-2H3,(H,19,20). The number of ether oxygens (including phenoxy) is 1. The van der Waals surface area contributed by atoms with E-state index in [1.165, 1.54) is 12.1 Å². The number of halogens is 2. The molecule has 0 saturated carbocycles. The van der Waals surface area contributed by atoms with Gasteiger partial charge in [-0.3, -0.25) is 0 Å². The van der Waals surface area contributed by atoms with Gasteiger partial charge >= 0.3 is 5.97 Å². The van der Waals surface area contributed by atoms with Gasteiger partial charge in [0, 0.05) is 10.6 Å². The third-order valence-corrected chi connectivity index (χ3v) is 3.69. The molecule has 0 atom stereocenters. The summed E-state index contributed by atoms with van der Waals surface area (Å²) in [7, 11) is 0. The molecule has 1 N–H and O–H groups in total. The van der Waals surface area contributed by atoms with Crippen molar-refractivity contribution in [1.82, 2.24) is 0 Å². The number of rotatable bonds is 4. The van der Waals surface area contributed by atoms with Crippen LogP contribution in [0.1, 0.15) is 27.0 Å². The zero-order valence-electron chi connectivity index (χ0n) is 11.6. The van der Waals surface area contributed by atoms with E-state index in [-0.39, 0.29) is 17.7 Å². The molecule has 0 aromatic heterocycles. The number of hydrogen-bond donors (Lipinski definition) is 1. The van der Waals surface area contributed by atoms with E-state index in [4.69, 9.17) is 21.4 Å². The number of carbonyl (C=O) groups is 1. The zero-order valence-corrected chi connectivity index (χ0v) is 12.4. The second-order valence-electron chi connectivity index (χ2n) is 4.77. The van der Waals surface area contributed by atoms with Crippen LogP contribution in [0.15, 0.2) is 30.3 Å². The lowest BCUT2D eigenvalue weighted by molar-refractivity contribution is 0.0696. The van der Waals surface area contributed by atoms with Gasteiger partial charge in [0.1, 0.15) is 18.2 Å². The summed E-state index contributed by atoms with van der Waals surface area (Å²) < 4.78 is 19.2. The van der Waals surface area contributed by atoms with Gasteiger partial charge in [0.05, 0.1) is 5.56 Å². The Morgan fingerprint density at radius 1 is 1.24 bits per heavy atom. The molecule has 21 heavy (non-hydrogen) atoms. The molecule has 2 aromatic rings. The Morgan fingerprint density at radius 2 is 1.86 bits per heavy atom. The highest BCUT2D eigenvalue weighted by Crippen LogP contribution is 2.26. The van der Waals surface area contributed by atoms with E-state index in [0.29, 0.717) is 10.8 Å². The Bertz CT molecular complexity index is 675. The molecule has 3 nitrogen and oxygen atoms in total. The van der Waals surface area contributed by atoms with Crippen LogP contribution >= 0.6 is 11.6 Å². The van der Waals surface area contributed by atoms with Gasteiger partial charge in [0.25, 0.3) is 0 Å². The van der Waals surface area contributed by atoms with E-state index in [1.54, 1.807) is 12.1 Å². The van der Waals surface area contributed by atoms with Crippen molar-refractivity contribution in [2.24, 2.45) is 0 Å². The van der Waals surface area contributed by atoms with Gasteiger partial charge in [-0.1, -0.05) is 11.6 Å². The quantitative estimate of drug-likeness (QED) is 0.912. The van der Waals surface area contributed by atoms with Crippen molar-refractivity contribution < 1.29 is 19.0 Å². The fourth-order valence-corrected chi connectivity index (χ4v) is 2.08. The Labute approximate surface area is 126 Å². The molecule has 0 radical (unpaired) electrons. The second kappa shape index (κ2) is 6.14. The predicted molar refractivity (Wildman–Crippen MR) is 78.6 cm³/mol. The van der Waals surface area contributed by atoms with Gasteiger partial charge < -0.3 is 9.84 Å². The first-order chi connectivity index (χ1) is 9.88. The minimum Gasteiger partial charge on any atom is -0.489 e. The molecule has 2 aromatic carbocycles. The SMILES string of the molecule is Cc1cc(OCc2cc(C(=O)O)ccc2F)cc(C)c1Cl. The van der Waals surface area contributed by atoms with Gasteiger partial charge in [-0.25, -0.2) is 9.18 Å². The number of benzene rings is 2. The van der Waals surface area contributed by atoms with Crippen molar-refractivity contribution in [3.63, 3.8) is 0 Å². The Morgan fingerprint density at radius 3 is 2.43 bits per heavy atom. The summed E-state index contributed by atoms with van der Waals surface area (Å²) in [6.45, 7) is 3.66. The molecule has 110 valence electrons. The summed E-state index contributed by atoms with van der Waals surface area (Å²) in [6.07, 6.45) is 0. The van der Waals surface area contributed by atoms with Crippen molar-refractivity contribution in [3.8, 4) is 5.75 Å². The van der Waals surface area contributed by atoms with Gasteiger partial charge in [-0.2, -0.15) is 0 Å². The molecular weight excluding hydrogens is 295 g/mol. The number of aryl methyl sites for hydroxylation is 2. The summed E-state index contributed by atoms with van der Waals surface area (Å²) in [5, 5.41) is 9.58. The van der Waals surface area contributed by atoms with Crippen LogP contribution in [-0.4, -0.2) is 11.1 Å². The number of hydrogen-bond acceptors (Lipinski definition) is 2. The molecule has 0 aliphatic rings. The molecule has 2 rings (SSSR count). The number of carboxylic acids is 1. The van der Waals surface area contributed by atoms with Crippen LogP contribution in [-0.2, 0) is 6.61 Å². The summed E-state index contributed by atoms with van der Waals surface area (Å²) in [4.78, 5) is 10.9. The van der Waals surface area contributed by atoms with Gasteiger partial charge in [0.15, 0.2) is 0 Å². The topological polar surface area (TPSA) is 46.5 Å². The summed E-state index contributed by atoms with van der Waals surface area (Å²) in [5.41, 5.74) is 1.96. The maximum atomic E-state index is 13.7. The molecule has 0 unspecified atom stereocenters. The lowest BCUT2D eigenvalue weighted by Gasteiger charge is -2.11. The van der Waals surface area contributed by atoms with Gasteiger partial charge in [0.2, 0.25) is 0 Å². The Hall–Kier alpha value is -2.07. The molecule has 0 aliphatic carbocycles. The predicted octanol–water partition coefficient (Wildman–Crippen LogP) is 4.37. The molecule has 0 bridgehead atoms. The summed E-state index contributed by atoms with van der Waals surface area (Å²) in [6, 6.07) is 7.13. The van der Waals surface area contributed by atoms with Crippen LogP contribution in [0.5, 0.6) is 5.75 Å². The summed E-state index contributed by atoms with van der Waals surface area (Å²) >= 11 is 6.07. The first kappa shape index (κ1) is 15.3. The van der Waals surface area contributed by atoms with E-state index in [2.05, 4.69) is 0 Å². The normalized spacial score (nSPS) is 10.5. The van der Waals surface area contributed by atoms with Crippen LogP contribution in [0.2, 0.25) is 5.02 Å². The van der Waals surface area contributed by atoms with Crippen molar-refractivity contribution in [1.29, 1.82) is 0 Å².